The number of ether oxygens (including phenoxy) is 1. The minimum absolute atomic E-state index is 0.0248. The number of hydrogen-bond acceptors (Lipinski definition) is 4. The average molecular weight is 441 g/mol. The summed E-state index contributed by atoms with van der Waals surface area (Å²) in [6, 6.07) is 7.14. The molecule has 0 saturated carbocycles. The Labute approximate surface area is 165 Å². The Morgan fingerprint density at radius 2 is 1.96 bits per heavy atom. The predicted octanol–water partition coefficient (Wildman–Crippen LogP) is 3.52. The monoisotopic (exact) mass is 440 g/mol. The van der Waals surface area contributed by atoms with Gasteiger partial charge in [0.25, 0.3) is 0 Å². The van der Waals surface area contributed by atoms with E-state index in [0.29, 0.717) is 12.0 Å². The first-order valence-corrected chi connectivity index (χ1v) is 9.02. The van der Waals surface area contributed by atoms with Crippen molar-refractivity contribution in [2.24, 2.45) is 0 Å². The highest BCUT2D eigenvalue weighted by atomic mass is 79.9. The molecule has 1 heterocycles. The van der Waals surface area contributed by atoms with Gasteiger partial charge in [0.1, 0.15) is 11.9 Å². The van der Waals surface area contributed by atoms with Crippen LogP contribution in [0.1, 0.15) is 20.8 Å². The van der Waals surface area contributed by atoms with E-state index < -0.39 is 17.4 Å². The van der Waals surface area contributed by atoms with Crippen LogP contribution in [0.5, 0.6) is 0 Å². The van der Waals surface area contributed by atoms with E-state index in [1.165, 1.54) is 22.8 Å². The van der Waals surface area contributed by atoms with Crippen molar-refractivity contribution in [1.82, 2.24) is 19.2 Å². The average Bonchev–Trinajstić information content (AvgIpc) is 2.94. The molecule has 0 atom stereocenters. The maximum absolute atomic E-state index is 13.3. The number of rotatable bonds is 5. The van der Waals surface area contributed by atoms with Crippen LogP contribution in [-0.2, 0) is 11.3 Å². The maximum Gasteiger partial charge on any atom is 0.410 e. The van der Waals surface area contributed by atoms with E-state index >= 15 is 0 Å². The number of carbonyl (C=O) groups is 1. The van der Waals surface area contributed by atoms with Crippen molar-refractivity contribution >= 4 is 22.0 Å². The van der Waals surface area contributed by atoms with E-state index in [1.54, 1.807) is 32.9 Å². The second-order valence-corrected chi connectivity index (χ2v) is 7.94. The smallest absolute Gasteiger partial charge is 0.410 e. The van der Waals surface area contributed by atoms with Gasteiger partial charge in [0.05, 0.1) is 18.6 Å². The van der Waals surface area contributed by atoms with Crippen molar-refractivity contribution in [2.75, 3.05) is 13.6 Å². The van der Waals surface area contributed by atoms with E-state index in [1.807, 2.05) is 12.1 Å². The summed E-state index contributed by atoms with van der Waals surface area (Å²) in [7, 11) is 1.50. The minimum Gasteiger partial charge on any atom is -0.444 e. The molecule has 1 aromatic heterocycles. The fourth-order valence-corrected chi connectivity index (χ4v) is 2.51. The Bertz CT molecular complexity index is 881. The van der Waals surface area contributed by atoms with Gasteiger partial charge >= 0.3 is 11.8 Å². The van der Waals surface area contributed by atoms with Gasteiger partial charge in [-0.2, -0.15) is 5.10 Å². The van der Waals surface area contributed by atoms with Gasteiger partial charge in [-0.05, 0) is 50.6 Å². The van der Waals surface area contributed by atoms with Crippen LogP contribution in [-0.4, -0.2) is 44.5 Å². The lowest BCUT2D eigenvalue weighted by atomic mass is 10.2. The molecule has 9 heteroatoms. The number of nitrogens with zero attached hydrogens (tertiary/aromatic N) is 4. The Morgan fingerprint density at radius 3 is 2.52 bits per heavy atom. The molecule has 0 unspecified atom stereocenters. The Kier molecular flexibility index (Phi) is 6.59. The molecule has 27 heavy (non-hydrogen) atoms. The van der Waals surface area contributed by atoms with Crippen molar-refractivity contribution in [3.8, 4) is 5.69 Å². The van der Waals surface area contributed by atoms with Crippen LogP contribution in [0.15, 0.2) is 51.8 Å². The first-order chi connectivity index (χ1) is 12.6. The SMILES string of the molecule is CN(C/C(=C/F)Cn1ncn(-c2ccc(Br)cc2)c1=O)C(=O)OC(C)(C)C. The van der Waals surface area contributed by atoms with E-state index in [2.05, 4.69) is 21.0 Å². The zero-order valence-corrected chi connectivity index (χ0v) is 17.2. The Hall–Kier alpha value is -2.42. The molecule has 0 fully saturated rings. The molecule has 0 aliphatic rings. The minimum atomic E-state index is -0.647. The van der Waals surface area contributed by atoms with Gasteiger partial charge in [0.2, 0.25) is 0 Å². The maximum atomic E-state index is 13.3. The van der Waals surface area contributed by atoms with Crippen molar-refractivity contribution < 1.29 is 13.9 Å². The summed E-state index contributed by atoms with van der Waals surface area (Å²) < 4.78 is 21.9. The number of carbonyl (C=O) groups excluding carboxylic acids is 1. The van der Waals surface area contributed by atoms with Gasteiger partial charge in [0, 0.05) is 18.1 Å². The molecule has 0 aliphatic carbocycles. The topological polar surface area (TPSA) is 69.4 Å². The number of likely N-dealkylation sites (N-methyl/N-ethyl adjacent to an activating group) is 1. The van der Waals surface area contributed by atoms with Crippen LogP contribution in [0.25, 0.3) is 5.69 Å². The molecule has 0 aliphatic heterocycles. The zero-order chi connectivity index (χ0) is 20.2. The normalized spacial score (nSPS) is 12.1. The molecule has 0 N–H and O–H groups in total. The van der Waals surface area contributed by atoms with E-state index in [-0.39, 0.29) is 18.7 Å². The molecule has 2 aromatic rings. The van der Waals surface area contributed by atoms with Crippen molar-refractivity contribution in [3.05, 3.63) is 57.5 Å². The molecule has 0 bridgehead atoms. The predicted molar refractivity (Wildman–Crippen MR) is 104 cm³/mol. The summed E-state index contributed by atoms with van der Waals surface area (Å²) in [4.78, 5) is 25.8. The number of aromatic nitrogens is 3. The molecule has 0 saturated heterocycles. The lowest BCUT2D eigenvalue weighted by Gasteiger charge is -2.25. The lowest BCUT2D eigenvalue weighted by molar-refractivity contribution is 0.0311. The first kappa shape index (κ1) is 20.9. The number of benzene rings is 1. The summed E-state index contributed by atoms with van der Waals surface area (Å²) in [5.74, 6) is 0. The lowest BCUT2D eigenvalue weighted by Crippen LogP contribution is -2.36. The van der Waals surface area contributed by atoms with Gasteiger partial charge in [0.15, 0.2) is 0 Å². The Balaban J connectivity index is 2.10. The van der Waals surface area contributed by atoms with Crippen molar-refractivity contribution in [2.45, 2.75) is 32.9 Å². The number of amides is 1. The first-order valence-electron chi connectivity index (χ1n) is 8.23. The van der Waals surface area contributed by atoms with Gasteiger partial charge in [-0.15, -0.1) is 0 Å². The van der Waals surface area contributed by atoms with E-state index in [9.17, 15) is 14.0 Å². The molecule has 1 aromatic carbocycles. The summed E-state index contributed by atoms with van der Waals surface area (Å²) >= 11 is 3.34. The fraction of sp³-hybridized carbons (Fsp3) is 0.389. The summed E-state index contributed by atoms with van der Waals surface area (Å²) in [5, 5.41) is 4.03. The van der Waals surface area contributed by atoms with Gasteiger partial charge in [-0.3, -0.25) is 0 Å². The van der Waals surface area contributed by atoms with Crippen LogP contribution in [0, 0.1) is 0 Å². The molecule has 0 radical (unpaired) electrons. The second-order valence-electron chi connectivity index (χ2n) is 7.02. The van der Waals surface area contributed by atoms with E-state index in [0.717, 1.165) is 9.15 Å². The van der Waals surface area contributed by atoms with Crippen LogP contribution in [0.2, 0.25) is 0 Å². The highest BCUT2D eigenvalue weighted by Gasteiger charge is 2.20. The van der Waals surface area contributed by atoms with Crippen LogP contribution in [0.3, 0.4) is 0 Å². The molecule has 2 rings (SSSR count). The van der Waals surface area contributed by atoms with Crippen LogP contribution in [0.4, 0.5) is 9.18 Å². The molecule has 146 valence electrons. The molecular weight excluding hydrogens is 419 g/mol. The standard InChI is InChI=1S/C18H22BrFN4O3/c1-18(2,3)27-17(26)22(4)10-13(9-20)11-24-16(25)23(12-21-24)15-7-5-14(19)6-8-15/h5-9,12H,10-11H2,1-4H3/b13-9-. The molecular formula is C18H22BrFN4O3. The molecule has 0 spiro atoms. The highest BCUT2D eigenvalue weighted by Crippen LogP contribution is 2.13. The Morgan fingerprint density at radius 1 is 1.33 bits per heavy atom. The third kappa shape index (κ3) is 5.78. The van der Waals surface area contributed by atoms with E-state index in [4.69, 9.17) is 4.74 Å². The van der Waals surface area contributed by atoms with Crippen molar-refractivity contribution in [1.29, 1.82) is 0 Å². The summed E-state index contributed by atoms with van der Waals surface area (Å²) in [6.45, 7) is 5.14. The quantitative estimate of drug-likeness (QED) is 0.712. The second kappa shape index (κ2) is 8.51. The third-order valence-corrected chi connectivity index (χ3v) is 4.02. The van der Waals surface area contributed by atoms with Crippen LogP contribution >= 0.6 is 15.9 Å². The number of halogens is 2. The summed E-state index contributed by atoms with van der Waals surface area (Å²) in [6.07, 6.45) is 1.18. The number of hydrogen-bond donors (Lipinski definition) is 0. The molecule has 7 nitrogen and oxygen atoms in total. The summed E-state index contributed by atoms with van der Waals surface area (Å²) in [5.41, 5.74) is -0.195. The van der Waals surface area contributed by atoms with Gasteiger partial charge < -0.3 is 9.64 Å². The zero-order valence-electron chi connectivity index (χ0n) is 15.6. The fourth-order valence-electron chi connectivity index (χ4n) is 2.24. The van der Waals surface area contributed by atoms with Gasteiger partial charge in [-0.25, -0.2) is 23.2 Å². The largest absolute Gasteiger partial charge is 0.444 e. The van der Waals surface area contributed by atoms with Crippen LogP contribution < -0.4 is 5.69 Å². The highest BCUT2D eigenvalue weighted by molar-refractivity contribution is 9.10. The molecule has 1 amide bonds. The van der Waals surface area contributed by atoms with Gasteiger partial charge in [-0.1, -0.05) is 15.9 Å². The van der Waals surface area contributed by atoms with Crippen molar-refractivity contribution in [3.63, 3.8) is 0 Å². The third-order valence-electron chi connectivity index (χ3n) is 3.49.